The van der Waals surface area contributed by atoms with Crippen molar-refractivity contribution >= 4 is 5.91 Å². The third-order valence-electron chi connectivity index (χ3n) is 3.68. The molecule has 0 bridgehead atoms. The fraction of sp³-hybridized carbons (Fsp3) is 0.923. The highest BCUT2D eigenvalue weighted by Crippen LogP contribution is 2.33. The van der Waals surface area contributed by atoms with Gasteiger partial charge in [-0.05, 0) is 38.1 Å². The fourth-order valence-electron chi connectivity index (χ4n) is 2.45. The molecule has 1 aliphatic heterocycles. The van der Waals surface area contributed by atoms with Crippen molar-refractivity contribution in [1.29, 1.82) is 0 Å². The fourth-order valence-corrected chi connectivity index (χ4v) is 2.45. The Balaban J connectivity index is 1.64. The van der Waals surface area contributed by atoms with Crippen LogP contribution in [0, 0.1) is 5.92 Å². The van der Waals surface area contributed by atoms with Crippen molar-refractivity contribution in [3.05, 3.63) is 0 Å². The lowest BCUT2D eigenvalue weighted by Crippen LogP contribution is -2.38. The van der Waals surface area contributed by atoms with Gasteiger partial charge in [0.05, 0.1) is 6.04 Å². The van der Waals surface area contributed by atoms with Crippen molar-refractivity contribution in [2.24, 2.45) is 5.92 Å². The molecule has 1 N–H and O–H groups in total. The van der Waals surface area contributed by atoms with Crippen LogP contribution in [0.25, 0.3) is 0 Å². The molecule has 1 amide bonds. The van der Waals surface area contributed by atoms with Crippen LogP contribution in [-0.4, -0.2) is 36.5 Å². The first-order valence-electron chi connectivity index (χ1n) is 6.83. The molecule has 0 aromatic heterocycles. The predicted octanol–water partition coefficient (Wildman–Crippen LogP) is 1.78. The van der Waals surface area contributed by atoms with Crippen LogP contribution in [0.5, 0.6) is 0 Å². The minimum Gasteiger partial charge on any atom is -0.341 e. The van der Waals surface area contributed by atoms with Crippen molar-refractivity contribution in [3.8, 4) is 0 Å². The maximum Gasteiger partial charge on any atom is 0.239 e. The van der Waals surface area contributed by atoms with Gasteiger partial charge in [0.25, 0.3) is 0 Å². The highest BCUT2D eigenvalue weighted by atomic mass is 16.2. The molecule has 0 spiro atoms. The molecule has 2 fully saturated rings. The smallest absolute Gasteiger partial charge is 0.239 e. The standard InChI is InChI=1S/C13H24N2O/c1-2-8-14-12-7-10-15(13(12)16)9-3-4-11-5-6-11/h11-12,14H,2-10H2,1H3. The van der Waals surface area contributed by atoms with Gasteiger partial charge in [0.15, 0.2) is 0 Å². The Labute approximate surface area is 98.6 Å². The van der Waals surface area contributed by atoms with E-state index in [0.717, 1.165) is 38.4 Å². The molecule has 3 nitrogen and oxygen atoms in total. The van der Waals surface area contributed by atoms with Crippen LogP contribution in [0.1, 0.15) is 45.4 Å². The van der Waals surface area contributed by atoms with Gasteiger partial charge in [-0.15, -0.1) is 0 Å². The second-order valence-corrected chi connectivity index (χ2v) is 5.21. The highest BCUT2D eigenvalue weighted by Gasteiger charge is 2.30. The first-order chi connectivity index (χ1) is 7.81. The molecule has 16 heavy (non-hydrogen) atoms. The normalized spacial score (nSPS) is 25.4. The van der Waals surface area contributed by atoms with Crippen LogP contribution in [0.15, 0.2) is 0 Å². The number of carbonyl (C=O) groups is 1. The van der Waals surface area contributed by atoms with Crippen LogP contribution in [0.3, 0.4) is 0 Å². The van der Waals surface area contributed by atoms with Crippen molar-refractivity contribution < 1.29 is 4.79 Å². The Bertz CT molecular complexity index is 238. The number of nitrogens with zero attached hydrogens (tertiary/aromatic N) is 1. The Hall–Kier alpha value is -0.570. The van der Waals surface area contributed by atoms with Crippen LogP contribution in [0.2, 0.25) is 0 Å². The number of hydrogen-bond donors (Lipinski definition) is 1. The van der Waals surface area contributed by atoms with Gasteiger partial charge in [0, 0.05) is 13.1 Å². The molecule has 1 aliphatic carbocycles. The van der Waals surface area contributed by atoms with Gasteiger partial charge in [-0.3, -0.25) is 4.79 Å². The molecule has 1 atom stereocenters. The average molecular weight is 224 g/mol. The molecule has 0 aromatic carbocycles. The quantitative estimate of drug-likeness (QED) is 0.715. The van der Waals surface area contributed by atoms with E-state index in [-0.39, 0.29) is 6.04 Å². The number of hydrogen-bond acceptors (Lipinski definition) is 2. The number of carbonyl (C=O) groups excluding carboxylic acids is 1. The SMILES string of the molecule is CCCNC1CCN(CCCC2CC2)C1=O. The third-order valence-corrected chi connectivity index (χ3v) is 3.68. The third kappa shape index (κ3) is 3.21. The van der Waals surface area contributed by atoms with E-state index in [2.05, 4.69) is 17.1 Å². The van der Waals surface area contributed by atoms with E-state index in [1.54, 1.807) is 0 Å². The minimum absolute atomic E-state index is 0.112. The second-order valence-electron chi connectivity index (χ2n) is 5.21. The van der Waals surface area contributed by atoms with E-state index in [9.17, 15) is 4.79 Å². The summed E-state index contributed by atoms with van der Waals surface area (Å²) < 4.78 is 0. The molecule has 2 rings (SSSR count). The summed E-state index contributed by atoms with van der Waals surface area (Å²) in [6, 6.07) is 0.112. The zero-order chi connectivity index (χ0) is 11.4. The highest BCUT2D eigenvalue weighted by molar-refractivity contribution is 5.83. The zero-order valence-corrected chi connectivity index (χ0v) is 10.4. The van der Waals surface area contributed by atoms with Gasteiger partial charge >= 0.3 is 0 Å². The number of likely N-dealkylation sites (tertiary alicyclic amines) is 1. The summed E-state index contributed by atoms with van der Waals surface area (Å²) in [4.78, 5) is 14.0. The van der Waals surface area contributed by atoms with Crippen molar-refractivity contribution in [3.63, 3.8) is 0 Å². The molecule has 1 saturated heterocycles. The Morgan fingerprint density at radius 3 is 2.88 bits per heavy atom. The Morgan fingerprint density at radius 1 is 1.38 bits per heavy atom. The molecule has 0 radical (unpaired) electrons. The monoisotopic (exact) mass is 224 g/mol. The summed E-state index contributed by atoms with van der Waals surface area (Å²) >= 11 is 0. The molecule has 92 valence electrons. The molecule has 1 unspecified atom stereocenters. The van der Waals surface area contributed by atoms with Crippen LogP contribution in [-0.2, 0) is 4.79 Å². The topological polar surface area (TPSA) is 32.3 Å². The van der Waals surface area contributed by atoms with Crippen molar-refractivity contribution in [2.45, 2.75) is 51.5 Å². The first-order valence-corrected chi connectivity index (χ1v) is 6.83. The lowest BCUT2D eigenvalue weighted by Gasteiger charge is -2.16. The molecule has 1 saturated carbocycles. The number of nitrogens with one attached hydrogen (secondary N) is 1. The maximum absolute atomic E-state index is 12.0. The van der Waals surface area contributed by atoms with Gasteiger partial charge in [0.2, 0.25) is 5.91 Å². The minimum atomic E-state index is 0.112. The molecule has 1 heterocycles. The Morgan fingerprint density at radius 2 is 2.19 bits per heavy atom. The zero-order valence-electron chi connectivity index (χ0n) is 10.4. The molecule has 0 aromatic rings. The number of rotatable bonds is 7. The number of amides is 1. The lowest BCUT2D eigenvalue weighted by atomic mass is 10.2. The molecular weight excluding hydrogens is 200 g/mol. The summed E-state index contributed by atoms with van der Waals surface area (Å²) in [6.07, 6.45) is 7.49. The second kappa shape index (κ2) is 5.67. The average Bonchev–Trinajstić information content (AvgIpc) is 3.04. The van der Waals surface area contributed by atoms with Gasteiger partial charge < -0.3 is 10.2 Å². The largest absolute Gasteiger partial charge is 0.341 e. The summed E-state index contributed by atoms with van der Waals surface area (Å²) in [7, 11) is 0. The molecular formula is C13H24N2O. The van der Waals surface area contributed by atoms with Crippen molar-refractivity contribution in [2.75, 3.05) is 19.6 Å². The van der Waals surface area contributed by atoms with E-state index in [4.69, 9.17) is 0 Å². The van der Waals surface area contributed by atoms with E-state index in [0.29, 0.717) is 5.91 Å². The van der Waals surface area contributed by atoms with Gasteiger partial charge in [0.1, 0.15) is 0 Å². The maximum atomic E-state index is 12.0. The molecule has 3 heteroatoms. The van der Waals surface area contributed by atoms with Crippen LogP contribution in [0.4, 0.5) is 0 Å². The summed E-state index contributed by atoms with van der Waals surface area (Å²) in [5, 5.41) is 3.33. The summed E-state index contributed by atoms with van der Waals surface area (Å²) in [5.74, 6) is 1.33. The van der Waals surface area contributed by atoms with Crippen LogP contribution < -0.4 is 5.32 Å². The molecule has 2 aliphatic rings. The lowest BCUT2D eigenvalue weighted by molar-refractivity contribution is -0.129. The van der Waals surface area contributed by atoms with E-state index in [1.807, 2.05) is 0 Å². The summed E-state index contributed by atoms with van der Waals surface area (Å²) in [5.41, 5.74) is 0. The van der Waals surface area contributed by atoms with E-state index < -0.39 is 0 Å². The van der Waals surface area contributed by atoms with Crippen molar-refractivity contribution in [1.82, 2.24) is 10.2 Å². The van der Waals surface area contributed by atoms with Crippen LogP contribution >= 0.6 is 0 Å². The first kappa shape index (κ1) is 11.9. The Kier molecular flexibility index (Phi) is 4.22. The summed E-state index contributed by atoms with van der Waals surface area (Å²) in [6.45, 7) is 5.05. The van der Waals surface area contributed by atoms with Gasteiger partial charge in [-0.1, -0.05) is 19.8 Å². The van der Waals surface area contributed by atoms with Gasteiger partial charge in [-0.25, -0.2) is 0 Å². The van der Waals surface area contributed by atoms with E-state index in [1.165, 1.54) is 25.7 Å². The van der Waals surface area contributed by atoms with E-state index >= 15 is 0 Å². The van der Waals surface area contributed by atoms with Gasteiger partial charge in [-0.2, -0.15) is 0 Å². The predicted molar refractivity (Wildman–Crippen MR) is 65.2 cm³/mol.